The molecule has 3 rings (SSSR count). The average Bonchev–Trinajstić information content (AvgIpc) is 2.36. The maximum atomic E-state index is 3.44. The van der Waals surface area contributed by atoms with Gasteiger partial charge in [0.05, 0.1) is 0 Å². The van der Waals surface area contributed by atoms with Gasteiger partial charge in [-0.2, -0.15) is 0 Å². The molecule has 3 fully saturated rings. The van der Waals surface area contributed by atoms with Crippen molar-refractivity contribution in [1.29, 1.82) is 0 Å². The molecule has 0 amide bonds. The molecule has 56 valence electrons. The fourth-order valence-electron chi connectivity index (χ4n) is 3.71. The van der Waals surface area contributed by atoms with Crippen LogP contribution < -0.4 is 5.32 Å². The summed E-state index contributed by atoms with van der Waals surface area (Å²) in [5, 5.41) is 3.44. The molecular formula is C9H15N. The van der Waals surface area contributed by atoms with Crippen molar-refractivity contribution in [2.45, 2.75) is 25.3 Å². The van der Waals surface area contributed by atoms with Gasteiger partial charge in [0.25, 0.3) is 0 Å². The SMILES string of the molecule is CNC1C2C3CCC(C3)C12. The third kappa shape index (κ3) is 0.460. The van der Waals surface area contributed by atoms with Gasteiger partial charge in [0.15, 0.2) is 0 Å². The zero-order valence-electron chi connectivity index (χ0n) is 6.51. The van der Waals surface area contributed by atoms with Crippen molar-refractivity contribution < 1.29 is 0 Å². The molecule has 0 saturated heterocycles. The molecule has 0 aliphatic heterocycles. The van der Waals surface area contributed by atoms with Crippen molar-refractivity contribution in [2.75, 3.05) is 7.05 Å². The molecule has 1 nitrogen and oxygen atoms in total. The van der Waals surface area contributed by atoms with Crippen molar-refractivity contribution in [3.63, 3.8) is 0 Å². The molecule has 0 aromatic carbocycles. The van der Waals surface area contributed by atoms with E-state index in [1.54, 1.807) is 19.3 Å². The Kier molecular flexibility index (Phi) is 0.883. The lowest BCUT2D eigenvalue weighted by atomic mass is 10.0. The Bertz CT molecular complexity index is 150. The zero-order chi connectivity index (χ0) is 6.72. The van der Waals surface area contributed by atoms with E-state index in [0.717, 1.165) is 29.7 Å². The van der Waals surface area contributed by atoms with E-state index in [0.29, 0.717) is 0 Å². The van der Waals surface area contributed by atoms with E-state index in [-0.39, 0.29) is 0 Å². The summed E-state index contributed by atoms with van der Waals surface area (Å²) in [5.74, 6) is 4.49. The molecule has 3 saturated carbocycles. The number of fused-ring (bicyclic) bond motifs is 5. The van der Waals surface area contributed by atoms with E-state index in [4.69, 9.17) is 0 Å². The summed E-state index contributed by atoms with van der Waals surface area (Å²) in [6.45, 7) is 0. The molecule has 1 heteroatoms. The van der Waals surface area contributed by atoms with Crippen molar-refractivity contribution in [1.82, 2.24) is 5.32 Å². The molecule has 0 spiro atoms. The fourth-order valence-corrected chi connectivity index (χ4v) is 3.71. The molecule has 3 aliphatic carbocycles. The van der Waals surface area contributed by atoms with Crippen molar-refractivity contribution in [3.05, 3.63) is 0 Å². The van der Waals surface area contributed by atoms with Crippen LogP contribution in [0.2, 0.25) is 0 Å². The van der Waals surface area contributed by atoms with Crippen LogP contribution in [-0.2, 0) is 0 Å². The molecule has 3 aliphatic rings. The first-order chi connectivity index (χ1) is 4.92. The zero-order valence-corrected chi connectivity index (χ0v) is 6.51. The average molecular weight is 137 g/mol. The predicted molar refractivity (Wildman–Crippen MR) is 40.7 cm³/mol. The monoisotopic (exact) mass is 137 g/mol. The first-order valence-electron chi connectivity index (χ1n) is 4.59. The van der Waals surface area contributed by atoms with Crippen LogP contribution in [0.5, 0.6) is 0 Å². The highest BCUT2D eigenvalue weighted by Gasteiger charge is 2.64. The predicted octanol–water partition coefficient (Wildman–Crippen LogP) is 1.25. The van der Waals surface area contributed by atoms with Gasteiger partial charge in [-0.1, -0.05) is 0 Å². The molecule has 4 atom stereocenters. The number of hydrogen-bond donors (Lipinski definition) is 1. The van der Waals surface area contributed by atoms with Crippen LogP contribution in [-0.4, -0.2) is 13.1 Å². The molecule has 1 N–H and O–H groups in total. The highest BCUT2D eigenvalue weighted by atomic mass is 15.0. The second-order valence-corrected chi connectivity index (χ2v) is 4.30. The minimum Gasteiger partial charge on any atom is -0.316 e. The van der Waals surface area contributed by atoms with Crippen molar-refractivity contribution in [3.8, 4) is 0 Å². The normalized spacial score (nSPS) is 62.7. The molecule has 2 bridgehead atoms. The Morgan fingerprint density at radius 1 is 1.10 bits per heavy atom. The maximum absolute atomic E-state index is 3.44. The van der Waals surface area contributed by atoms with E-state index < -0.39 is 0 Å². The Morgan fingerprint density at radius 2 is 1.70 bits per heavy atom. The molecule has 0 aromatic heterocycles. The fraction of sp³-hybridized carbons (Fsp3) is 1.00. The van der Waals surface area contributed by atoms with Gasteiger partial charge in [-0.25, -0.2) is 0 Å². The van der Waals surface area contributed by atoms with E-state index in [1.807, 2.05) is 0 Å². The lowest BCUT2D eigenvalue weighted by Crippen LogP contribution is -2.17. The minimum absolute atomic E-state index is 0.936. The summed E-state index contributed by atoms with van der Waals surface area (Å²) in [4.78, 5) is 0. The highest BCUT2D eigenvalue weighted by Crippen LogP contribution is 2.65. The topological polar surface area (TPSA) is 12.0 Å². The van der Waals surface area contributed by atoms with Crippen LogP contribution in [0, 0.1) is 23.7 Å². The van der Waals surface area contributed by atoms with Crippen LogP contribution in [0.1, 0.15) is 19.3 Å². The van der Waals surface area contributed by atoms with Crippen molar-refractivity contribution >= 4 is 0 Å². The van der Waals surface area contributed by atoms with Crippen molar-refractivity contribution in [2.24, 2.45) is 23.7 Å². The van der Waals surface area contributed by atoms with Crippen LogP contribution in [0.4, 0.5) is 0 Å². The summed E-state index contributed by atoms with van der Waals surface area (Å²) < 4.78 is 0. The summed E-state index contributed by atoms with van der Waals surface area (Å²) in [6, 6.07) is 0.936. The molecule has 4 unspecified atom stereocenters. The Morgan fingerprint density at radius 3 is 2.20 bits per heavy atom. The van der Waals surface area contributed by atoms with E-state index in [9.17, 15) is 0 Å². The molecular weight excluding hydrogens is 122 g/mol. The minimum atomic E-state index is 0.936. The van der Waals surface area contributed by atoms with Crippen LogP contribution in [0.25, 0.3) is 0 Å². The van der Waals surface area contributed by atoms with Crippen LogP contribution >= 0.6 is 0 Å². The van der Waals surface area contributed by atoms with Gasteiger partial charge in [-0.05, 0) is 50.0 Å². The molecule has 0 aromatic rings. The van der Waals surface area contributed by atoms with Gasteiger partial charge in [0.1, 0.15) is 0 Å². The van der Waals surface area contributed by atoms with Crippen LogP contribution in [0.15, 0.2) is 0 Å². The Balaban J connectivity index is 1.84. The second kappa shape index (κ2) is 1.58. The highest BCUT2D eigenvalue weighted by molar-refractivity contribution is 5.16. The maximum Gasteiger partial charge on any atom is 0.0132 e. The van der Waals surface area contributed by atoms with Crippen LogP contribution in [0.3, 0.4) is 0 Å². The summed E-state index contributed by atoms with van der Waals surface area (Å²) in [6.07, 6.45) is 4.67. The lowest BCUT2D eigenvalue weighted by molar-refractivity contribution is 0.456. The number of nitrogens with one attached hydrogen (secondary N) is 1. The number of hydrogen-bond acceptors (Lipinski definition) is 1. The largest absolute Gasteiger partial charge is 0.316 e. The smallest absolute Gasteiger partial charge is 0.0132 e. The quantitative estimate of drug-likeness (QED) is 0.573. The van der Waals surface area contributed by atoms with Gasteiger partial charge < -0.3 is 5.32 Å². The lowest BCUT2D eigenvalue weighted by Gasteiger charge is -2.05. The summed E-state index contributed by atoms with van der Waals surface area (Å²) >= 11 is 0. The molecule has 0 radical (unpaired) electrons. The van der Waals surface area contributed by atoms with Gasteiger partial charge in [0.2, 0.25) is 0 Å². The standard InChI is InChI=1S/C9H15N/c1-10-9-7-5-2-3-6(4-5)8(7)9/h5-10H,2-4H2,1H3. The van der Waals surface area contributed by atoms with E-state index in [2.05, 4.69) is 12.4 Å². The van der Waals surface area contributed by atoms with Gasteiger partial charge >= 0.3 is 0 Å². The Labute approximate surface area is 62.2 Å². The van der Waals surface area contributed by atoms with Gasteiger partial charge in [-0.15, -0.1) is 0 Å². The summed E-state index contributed by atoms with van der Waals surface area (Å²) in [7, 11) is 2.13. The third-order valence-electron chi connectivity index (χ3n) is 4.07. The third-order valence-corrected chi connectivity index (χ3v) is 4.07. The van der Waals surface area contributed by atoms with Gasteiger partial charge in [0, 0.05) is 6.04 Å². The number of rotatable bonds is 1. The molecule has 10 heavy (non-hydrogen) atoms. The van der Waals surface area contributed by atoms with E-state index >= 15 is 0 Å². The molecule has 0 heterocycles. The van der Waals surface area contributed by atoms with E-state index in [1.165, 1.54) is 0 Å². The first kappa shape index (κ1) is 5.59. The second-order valence-electron chi connectivity index (χ2n) is 4.30. The van der Waals surface area contributed by atoms with Gasteiger partial charge in [-0.3, -0.25) is 0 Å². The first-order valence-corrected chi connectivity index (χ1v) is 4.59. The Hall–Kier alpha value is -0.0400. The summed E-state index contributed by atoms with van der Waals surface area (Å²) in [5.41, 5.74) is 0.